The molecule has 2 amide bonds. The fourth-order valence-corrected chi connectivity index (χ4v) is 1.59. The number of carbonyl (C=O) groups is 2. The molecule has 0 unspecified atom stereocenters. The lowest BCUT2D eigenvalue weighted by atomic mass is 10.2. The van der Waals surface area contributed by atoms with E-state index < -0.39 is 0 Å². The number of hydrogen-bond donors (Lipinski definition) is 1. The molecule has 0 atom stereocenters. The van der Waals surface area contributed by atoms with Crippen molar-refractivity contribution in [3.63, 3.8) is 0 Å². The molecule has 0 aliphatic rings. The molecule has 1 rings (SSSR count). The summed E-state index contributed by atoms with van der Waals surface area (Å²) in [5.74, 6) is -0.487. The van der Waals surface area contributed by atoms with Gasteiger partial charge in [-0.05, 0) is 19.1 Å². The van der Waals surface area contributed by atoms with Crippen LogP contribution in [0.4, 0.5) is 5.69 Å². The number of benzene rings is 1. The van der Waals surface area contributed by atoms with Crippen molar-refractivity contribution in [1.29, 1.82) is 0 Å². The van der Waals surface area contributed by atoms with Crippen molar-refractivity contribution in [2.75, 3.05) is 18.0 Å². The zero-order valence-electron chi connectivity index (χ0n) is 10.6. The largest absolute Gasteiger partial charge is 0.352 e. The van der Waals surface area contributed by atoms with Gasteiger partial charge in [0.2, 0.25) is 11.8 Å². The molecule has 1 aromatic rings. The molecule has 0 bridgehead atoms. The van der Waals surface area contributed by atoms with Gasteiger partial charge in [0.05, 0.1) is 0 Å². The number of hydrogen-bond acceptors (Lipinski definition) is 2. The Bertz CT molecular complexity index is 415. The topological polar surface area (TPSA) is 49.4 Å². The molecule has 4 heteroatoms. The highest BCUT2D eigenvalue weighted by molar-refractivity contribution is 6.04. The molecule has 0 aromatic heterocycles. The number of rotatable bonds is 6. The second-order valence-corrected chi connectivity index (χ2v) is 3.74. The third-order valence-corrected chi connectivity index (χ3v) is 2.44. The minimum Gasteiger partial charge on any atom is -0.352 e. The highest BCUT2D eigenvalue weighted by atomic mass is 16.2. The second-order valence-electron chi connectivity index (χ2n) is 3.74. The number of amides is 2. The average molecular weight is 246 g/mol. The van der Waals surface area contributed by atoms with Crippen LogP contribution in [0.5, 0.6) is 0 Å². The van der Waals surface area contributed by atoms with Crippen LogP contribution in [0.1, 0.15) is 13.3 Å². The maximum atomic E-state index is 12.0. The van der Waals surface area contributed by atoms with E-state index in [9.17, 15) is 9.59 Å². The molecule has 1 N–H and O–H groups in total. The summed E-state index contributed by atoms with van der Waals surface area (Å²) in [4.78, 5) is 25.0. The number of nitrogens with zero attached hydrogens (tertiary/aromatic N) is 1. The van der Waals surface area contributed by atoms with E-state index in [-0.39, 0.29) is 18.2 Å². The lowest BCUT2D eigenvalue weighted by molar-refractivity contribution is -0.127. The number of carbonyl (C=O) groups excluding carboxylic acids is 2. The van der Waals surface area contributed by atoms with Crippen LogP contribution in [-0.4, -0.2) is 24.9 Å². The van der Waals surface area contributed by atoms with E-state index in [1.54, 1.807) is 11.0 Å². The number of nitrogens with one attached hydrogen (secondary N) is 1. The molecule has 4 nitrogen and oxygen atoms in total. The molecule has 1 aromatic carbocycles. The summed E-state index contributed by atoms with van der Waals surface area (Å²) in [5, 5.41) is 2.59. The van der Waals surface area contributed by atoms with Crippen molar-refractivity contribution in [2.24, 2.45) is 0 Å². The molecule has 0 heterocycles. The Morgan fingerprint density at radius 3 is 2.56 bits per heavy atom. The van der Waals surface area contributed by atoms with Gasteiger partial charge < -0.3 is 10.2 Å². The summed E-state index contributed by atoms with van der Waals surface area (Å²) >= 11 is 0. The van der Waals surface area contributed by atoms with Crippen LogP contribution in [0.25, 0.3) is 0 Å². The molecule has 0 aliphatic heterocycles. The third-order valence-electron chi connectivity index (χ3n) is 2.44. The van der Waals surface area contributed by atoms with Crippen molar-refractivity contribution in [3.8, 4) is 0 Å². The van der Waals surface area contributed by atoms with Crippen LogP contribution < -0.4 is 10.2 Å². The highest BCUT2D eigenvalue weighted by Crippen LogP contribution is 2.13. The quantitative estimate of drug-likeness (QED) is 0.614. The Balaban J connectivity index is 2.63. The van der Waals surface area contributed by atoms with E-state index in [0.29, 0.717) is 13.1 Å². The molecule has 18 heavy (non-hydrogen) atoms. The molecule has 0 aliphatic carbocycles. The summed E-state index contributed by atoms with van der Waals surface area (Å²) in [6, 6.07) is 9.32. The van der Waals surface area contributed by atoms with Gasteiger partial charge in [0.1, 0.15) is 6.42 Å². The Hall–Kier alpha value is -2.10. The van der Waals surface area contributed by atoms with Crippen molar-refractivity contribution in [1.82, 2.24) is 5.32 Å². The molecule has 0 saturated carbocycles. The van der Waals surface area contributed by atoms with Gasteiger partial charge in [0.25, 0.3) is 0 Å². The smallest absolute Gasteiger partial charge is 0.236 e. The first-order valence-corrected chi connectivity index (χ1v) is 5.92. The normalized spacial score (nSPS) is 9.61. The van der Waals surface area contributed by atoms with Crippen molar-refractivity contribution in [2.45, 2.75) is 13.3 Å². The molecular weight excluding hydrogens is 228 g/mol. The monoisotopic (exact) mass is 246 g/mol. The molecule has 96 valence electrons. The van der Waals surface area contributed by atoms with Crippen LogP contribution in [0.2, 0.25) is 0 Å². The van der Waals surface area contributed by atoms with E-state index in [1.807, 2.05) is 37.3 Å². The Morgan fingerprint density at radius 2 is 2.00 bits per heavy atom. The van der Waals surface area contributed by atoms with Gasteiger partial charge >= 0.3 is 0 Å². The maximum Gasteiger partial charge on any atom is 0.236 e. The van der Waals surface area contributed by atoms with Gasteiger partial charge in [0.15, 0.2) is 0 Å². The minimum absolute atomic E-state index is 0.142. The minimum atomic E-state index is -0.283. The van der Waals surface area contributed by atoms with Gasteiger partial charge in [-0.25, -0.2) is 0 Å². The van der Waals surface area contributed by atoms with Gasteiger partial charge in [-0.15, -0.1) is 6.58 Å². The standard InChI is InChI=1S/C14H18N2O2/c1-3-10-15-13(17)11-14(18)16(4-2)12-8-6-5-7-9-12/h3,5-9H,1,4,10-11H2,2H3,(H,15,17). The van der Waals surface area contributed by atoms with Gasteiger partial charge in [-0.2, -0.15) is 0 Å². The summed E-state index contributed by atoms with van der Waals surface area (Å²) < 4.78 is 0. The van der Waals surface area contributed by atoms with E-state index in [2.05, 4.69) is 11.9 Å². The number of para-hydroxylation sites is 1. The summed E-state index contributed by atoms with van der Waals surface area (Å²) in [6.07, 6.45) is 1.44. The molecule has 0 radical (unpaired) electrons. The fraction of sp³-hybridized carbons (Fsp3) is 0.286. The Morgan fingerprint density at radius 1 is 1.33 bits per heavy atom. The van der Waals surface area contributed by atoms with E-state index >= 15 is 0 Å². The van der Waals surface area contributed by atoms with E-state index in [1.165, 1.54) is 0 Å². The van der Waals surface area contributed by atoms with E-state index in [0.717, 1.165) is 5.69 Å². The summed E-state index contributed by atoms with van der Waals surface area (Å²) in [5.41, 5.74) is 0.807. The first-order chi connectivity index (χ1) is 8.69. The lowest BCUT2D eigenvalue weighted by Gasteiger charge is -2.20. The van der Waals surface area contributed by atoms with Crippen LogP contribution in [-0.2, 0) is 9.59 Å². The Labute approximate surface area is 107 Å². The van der Waals surface area contributed by atoms with Crippen LogP contribution in [0.15, 0.2) is 43.0 Å². The fourth-order valence-electron chi connectivity index (χ4n) is 1.59. The molecular formula is C14H18N2O2. The van der Waals surface area contributed by atoms with E-state index in [4.69, 9.17) is 0 Å². The first kappa shape index (κ1) is 14.0. The average Bonchev–Trinajstić information content (AvgIpc) is 2.38. The summed E-state index contributed by atoms with van der Waals surface area (Å²) in [7, 11) is 0. The lowest BCUT2D eigenvalue weighted by Crippen LogP contribution is -2.35. The number of anilines is 1. The van der Waals surface area contributed by atoms with Crippen molar-refractivity contribution >= 4 is 17.5 Å². The van der Waals surface area contributed by atoms with Crippen LogP contribution >= 0.6 is 0 Å². The van der Waals surface area contributed by atoms with Gasteiger partial charge in [-0.1, -0.05) is 24.3 Å². The maximum absolute atomic E-state index is 12.0. The molecule has 0 spiro atoms. The zero-order valence-corrected chi connectivity index (χ0v) is 10.6. The highest BCUT2D eigenvalue weighted by Gasteiger charge is 2.16. The molecule has 0 fully saturated rings. The summed E-state index contributed by atoms with van der Waals surface area (Å²) in [6.45, 7) is 6.30. The van der Waals surface area contributed by atoms with Gasteiger partial charge in [0, 0.05) is 18.8 Å². The SMILES string of the molecule is C=CCNC(=O)CC(=O)N(CC)c1ccccc1. The van der Waals surface area contributed by atoms with Crippen LogP contribution in [0.3, 0.4) is 0 Å². The van der Waals surface area contributed by atoms with Crippen molar-refractivity contribution < 1.29 is 9.59 Å². The molecule has 0 saturated heterocycles. The van der Waals surface area contributed by atoms with Gasteiger partial charge in [-0.3, -0.25) is 9.59 Å². The second kappa shape index (κ2) is 7.27. The predicted molar refractivity (Wildman–Crippen MR) is 72.3 cm³/mol. The zero-order chi connectivity index (χ0) is 13.4. The Kier molecular flexibility index (Phi) is 5.64. The third kappa shape index (κ3) is 4.05. The predicted octanol–water partition coefficient (Wildman–Crippen LogP) is 1.73. The van der Waals surface area contributed by atoms with Crippen LogP contribution in [0, 0.1) is 0 Å². The first-order valence-electron chi connectivity index (χ1n) is 5.92. The van der Waals surface area contributed by atoms with Crippen molar-refractivity contribution in [3.05, 3.63) is 43.0 Å².